The number of hydrogen-bond donors (Lipinski definition) is 4. The molecule has 0 unspecified atom stereocenters. The van der Waals surface area contributed by atoms with E-state index in [0.29, 0.717) is 22.8 Å². The lowest BCUT2D eigenvalue weighted by Crippen LogP contribution is -2.27. The van der Waals surface area contributed by atoms with Gasteiger partial charge in [-0.3, -0.25) is 9.52 Å². The fraction of sp³-hybridized carbons (Fsp3) is 0.240. The monoisotopic (exact) mass is 539 g/mol. The molecule has 0 saturated carbocycles. The van der Waals surface area contributed by atoms with E-state index in [4.69, 9.17) is 11.6 Å². The molecule has 2 aromatic heterocycles. The van der Waals surface area contributed by atoms with Crippen LogP contribution in [0.1, 0.15) is 28.9 Å². The Morgan fingerprint density at radius 3 is 2.54 bits per heavy atom. The number of anilines is 5. The molecular weight excluding hydrogens is 514 g/mol. The standard InChI is InChI=1S/C25H26ClN7O3S/c1-15-22(24(34)33-11-5-6-12-33)17-10-9-16(13-21(17)28-15)29-25-27-14-18(26)23(31-25)30-19-7-3-4-8-20(19)32-37(2,35)36/h3-4,7-10,13-14,28,32H,5-6,11-12H2,1-2H3,(H2,27,29,30,31). The van der Waals surface area contributed by atoms with Crippen LogP contribution >= 0.6 is 11.6 Å². The van der Waals surface area contributed by atoms with Gasteiger partial charge in [0.05, 0.1) is 29.4 Å². The quantitative estimate of drug-likeness (QED) is 0.259. The molecule has 0 bridgehead atoms. The number of carbonyl (C=O) groups is 1. The Hall–Kier alpha value is -3.83. The number of rotatable bonds is 7. The molecule has 5 rings (SSSR count). The summed E-state index contributed by atoms with van der Waals surface area (Å²) in [6.07, 6.45) is 4.62. The summed E-state index contributed by atoms with van der Waals surface area (Å²) in [5.74, 6) is 0.651. The number of nitrogens with one attached hydrogen (secondary N) is 4. The van der Waals surface area contributed by atoms with Gasteiger partial charge in [-0.15, -0.1) is 0 Å². The SMILES string of the molecule is Cc1[nH]c2cc(Nc3ncc(Cl)c(Nc4ccccc4NS(C)(=O)=O)n3)ccc2c1C(=O)N1CCCC1. The molecule has 1 aliphatic rings. The maximum atomic E-state index is 13.1. The number of benzene rings is 2. The van der Waals surface area contributed by atoms with Gasteiger partial charge in [0, 0.05) is 35.4 Å². The highest BCUT2D eigenvalue weighted by atomic mass is 35.5. The van der Waals surface area contributed by atoms with Crippen LogP contribution in [0.4, 0.5) is 28.8 Å². The Bertz CT molecular complexity index is 1600. The third-order valence-electron chi connectivity index (χ3n) is 6.07. The molecule has 1 amide bonds. The first-order valence-corrected chi connectivity index (χ1v) is 14.0. The van der Waals surface area contributed by atoms with E-state index >= 15 is 0 Å². The van der Waals surface area contributed by atoms with E-state index in [1.54, 1.807) is 24.3 Å². The third-order valence-corrected chi connectivity index (χ3v) is 6.94. The van der Waals surface area contributed by atoms with E-state index in [1.165, 1.54) is 6.20 Å². The molecule has 3 heterocycles. The van der Waals surface area contributed by atoms with Crippen LogP contribution in [-0.4, -0.2) is 53.5 Å². The summed E-state index contributed by atoms with van der Waals surface area (Å²) in [5, 5.41) is 7.37. The Morgan fingerprint density at radius 2 is 1.81 bits per heavy atom. The zero-order valence-corrected chi connectivity index (χ0v) is 21.9. The Morgan fingerprint density at radius 1 is 1.08 bits per heavy atom. The van der Waals surface area contributed by atoms with Crippen molar-refractivity contribution in [3.63, 3.8) is 0 Å². The Kier molecular flexibility index (Phi) is 6.65. The number of nitrogens with zero attached hydrogens (tertiary/aromatic N) is 3. The predicted molar refractivity (Wildman–Crippen MR) is 147 cm³/mol. The number of aromatic amines is 1. The number of amides is 1. The number of carbonyl (C=O) groups excluding carboxylic acids is 1. The van der Waals surface area contributed by atoms with Crippen molar-refractivity contribution in [2.75, 3.05) is 34.7 Å². The van der Waals surface area contributed by atoms with Crippen molar-refractivity contribution in [1.29, 1.82) is 0 Å². The highest BCUT2D eigenvalue weighted by Crippen LogP contribution is 2.31. The average Bonchev–Trinajstić information content (AvgIpc) is 3.48. The topological polar surface area (TPSA) is 132 Å². The van der Waals surface area contributed by atoms with Crippen LogP contribution in [0, 0.1) is 6.92 Å². The van der Waals surface area contributed by atoms with Gasteiger partial charge >= 0.3 is 0 Å². The summed E-state index contributed by atoms with van der Waals surface area (Å²) < 4.78 is 25.9. The lowest BCUT2D eigenvalue weighted by molar-refractivity contribution is 0.0794. The van der Waals surface area contributed by atoms with Crippen LogP contribution in [-0.2, 0) is 10.0 Å². The molecule has 12 heteroatoms. The zero-order valence-electron chi connectivity index (χ0n) is 20.3. The second-order valence-corrected chi connectivity index (χ2v) is 11.1. The highest BCUT2D eigenvalue weighted by molar-refractivity contribution is 7.92. The molecule has 1 saturated heterocycles. The fourth-order valence-corrected chi connectivity index (χ4v) is 5.13. The number of aryl methyl sites for hydroxylation is 1. The summed E-state index contributed by atoms with van der Waals surface area (Å²) in [5.41, 5.74) is 3.94. The molecule has 0 spiro atoms. The zero-order chi connectivity index (χ0) is 26.2. The van der Waals surface area contributed by atoms with Gasteiger partial charge in [0.1, 0.15) is 5.02 Å². The van der Waals surface area contributed by atoms with E-state index in [2.05, 4.69) is 30.3 Å². The molecule has 0 aliphatic carbocycles. The lowest BCUT2D eigenvalue weighted by Gasteiger charge is -2.15. The number of hydrogen-bond acceptors (Lipinski definition) is 7. The van der Waals surface area contributed by atoms with Gasteiger partial charge in [-0.25, -0.2) is 13.4 Å². The number of H-pyrrole nitrogens is 1. The summed E-state index contributed by atoms with van der Waals surface area (Å²) in [6, 6.07) is 12.5. The number of aromatic nitrogens is 3. The molecule has 1 aliphatic heterocycles. The maximum Gasteiger partial charge on any atom is 0.256 e. The molecule has 10 nitrogen and oxygen atoms in total. The second kappa shape index (κ2) is 9.91. The lowest BCUT2D eigenvalue weighted by atomic mass is 10.1. The molecule has 0 radical (unpaired) electrons. The number of likely N-dealkylation sites (tertiary alicyclic amines) is 1. The first kappa shape index (κ1) is 24.8. The van der Waals surface area contributed by atoms with Crippen LogP contribution in [0.25, 0.3) is 10.9 Å². The summed E-state index contributed by atoms with van der Waals surface area (Å²) in [4.78, 5) is 27.0. The van der Waals surface area contributed by atoms with E-state index < -0.39 is 10.0 Å². The van der Waals surface area contributed by atoms with Crippen molar-refractivity contribution in [2.45, 2.75) is 19.8 Å². The smallest absolute Gasteiger partial charge is 0.256 e. The van der Waals surface area contributed by atoms with Gasteiger partial charge in [0.25, 0.3) is 5.91 Å². The number of halogens is 1. The largest absolute Gasteiger partial charge is 0.358 e. The Balaban J connectivity index is 1.39. The maximum absolute atomic E-state index is 13.1. The Labute approximate surface area is 219 Å². The molecular formula is C25H26ClN7O3S. The van der Waals surface area contributed by atoms with Crippen molar-refractivity contribution >= 4 is 67.3 Å². The van der Waals surface area contributed by atoms with Crippen LogP contribution in [0.2, 0.25) is 5.02 Å². The molecule has 1 fully saturated rings. The number of sulfonamides is 1. The van der Waals surface area contributed by atoms with E-state index in [1.807, 2.05) is 30.0 Å². The van der Waals surface area contributed by atoms with Gasteiger partial charge < -0.3 is 20.5 Å². The molecule has 0 atom stereocenters. The predicted octanol–water partition coefficient (Wildman–Crippen LogP) is 5.01. The summed E-state index contributed by atoms with van der Waals surface area (Å²) >= 11 is 6.32. The van der Waals surface area contributed by atoms with Gasteiger partial charge in [0.15, 0.2) is 5.82 Å². The van der Waals surface area contributed by atoms with Gasteiger partial charge in [0.2, 0.25) is 16.0 Å². The highest BCUT2D eigenvalue weighted by Gasteiger charge is 2.24. The minimum absolute atomic E-state index is 0.0596. The van der Waals surface area contributed by atoms with Gasteiger partial charge in [-0.05, 0) is 50.1 Å². The van der Waals surface area contributed by atoms with Crippen LogP contribution < -0.4 is 15.4 Å². The molecule has 4 N–H and O–H groups in total. The summed E-state index contributed by atoms with van der Waals surface area (Å²) in [6.45, 7) is 3.50. The minimum Gasteiger partial charge on any atom is -0.358 e. The molecule has 2 aromatic carbocycles. The average molecular weight is 540 g/mol. The van der Waals surface area contributed by atoms with E-state index in [9.17, 15) is 13.2 Å². The third kappa shape index (κ3) is 5.47. The van der Waals surface area contributed by atoms with Crippen molar-refractivity contribution in [3.05, 3.63) is 64.9 Å². The van der Waals surface area contributed by atoms with Crippen molar-refractivity contribution in [2.24, 2.45) is 0 Å². The second-order valence-electron chi connectivity index (χ2n) is 8.94. The van der Waals surface area contributed by atoms with Crippen LogP contribution in [0.15, 0.2) is 48.7 Å². The number of fused-ring (bicyclic) bond motifs is 1. The van der Waals surface area contributed by atoms with Gasteiger partial charge in [-0.1, -0.05) is 23.7 Å². The molecule has 192 valence electrons. The first-order chi connectivity index (χ1) is 17.7. The molecule has 4 aromatic rings. The first-order valence-electron chi connectivity index (χ1n) is 11.7. The molecule has 37 heavy (non-hydrogen) atoms. The van der Waals surface area contributed by atoms with E-state index in [0.717, 1.165) is 54.5 Å². The fourth-order valence-electron chi connectivity index (χ4n) is 4.42. The van der Waals surface area contributed by atoms with Gasteiger partial charge in [-0.2, -0.15) is 4.98 Å². The van der Waals surface area contributed by atoms with Crippen LogP contribution in [0.3, 0.4) is 0 Å². The van der Waals surface area contributed by atoms with Crippen LogP contribution in [0.5, 0.6) is 0 Å². The van der Waals surface area contributed by atoms with E-state index in [-0.39, 0.29) is 16.9 Å². The van der Waals surface area contributed by atoms with Crippen molar-refractivity contribution < 1.29 is 13.2 Å². The summed E-state index contributed by atoms with van der Waals surface area (Å²) in [7, 11) is -3.48. The minimum atomic E-state index is -3.48. The number of para-hydroxylation sites is 2. The normalized spacial score (nSPS) is 13.6. The van der Waals surface area contributed by atoms with Crippen molar-refractivity contribution in [1.82, 2.24) is 19.9 Å². The van der Waals surface area contributed by atoms with Crippen molar-refractivity contribution in [3.8, 4) is 0 Å².